The number of carbonyl (C=O) groups is 1. The molecule has 2 aromatic rings. The first-order valence-corrected chi connectivity index (χ1v) is 6.16. The van der Waals surface area contributed by atoms with Crippen LogP contribution < -0.4 is 10.9 Å². The number of benzene rings is 1. The number of methoxy groups -OCH3 is 1. The van der Waals surface area contributed by atoms with Crippen molar-refractivity contribution in [2.45, 2.75) is 6.61 Å². The number of aromatic nitrogens is 1. The average molecular weight is 272 g/mol. The molecule has 1 N–H and O–H groups in total. The van der Waals surface area contributed by atoms with E-state index in [1.165, 1.54) is 4.57 Å². The Balaban J connectivity index is 2.15. The first kappa shape index (κ1) is 14.0. The fourth-order valence-corrected chi connectivity index (χ4v) is 1.81. The van der Waals surface area contributed by atoms with Gasteiger partial charge in [-0.2, -0.15) is 0 Å². The van der Waals surface area contributed by atoms with Crippen LogP contribution in [0, 0.1) is 0 Å². The van der Waals surface area contributed by atoms with Crippen LogP contribution in [0.2, 0.25) is 0 Å². The summed E-state index contributed by atoms with van der Waals surface area (Å²) in [5, 5.41) is 2.62. The van der Waals surface area contributed by atoms with Gasteiger partial charge in [0, 0.05) is 25.9 Å². The number of carbonyl (C=O) groups excluding carboxylic acids is 1. The minimum absolute atomic E-state index is 0.239. The lowest BCUT2D eigenvalue weighted by atomic mass is 10.1. The predicted molar refractivity (Wildman–Crippen MR) is 76.8 cm³/mol. The molecule has 1 aromatic carbocycles. The smallest absolute Gasteiger partial charge is 0.274 e. The van der Waals surface area contributed by atoms with Gasteiger partial charge in [0.2, 0.25) is 0 Å². The van der Waals surface area contributed by atoms with Crippen LogP contribution in [0.3, 0.4) is 0 Å². The molecule has 104 valence electrons. The topological polar surface area (TPSA) is 60.3 Å². The van der Waals surface area contributed by atoms with E-state index in [1.807, 2.05) is 12.1 Å². The Labute approximate surface area is 116 Å². The standard InChI is InChI=1S/C15H16N2O3/c1-17-9-3-4-13(15(17)19)16-14(18)12-7-5-11(6-8-12)10-20-2/h3-9H,10H2,1-2H3,(H,16,18). The van der Waals surface area contributed by atoms with E-state index in [2.05, 4.69) is 5.32 Å². The highest BCUT2D eigenvalue weighted by atomic mass is 16.5. The third kappa shape index (κ3) is 3.13. The number of aryl methyl sites for hydroxylation is 1. The van der Waals surface area contributed by atoms with Crippen LogP contribution in [0.15, 0.2) is 47.4 Å². The first-order chi connectivity index (χ1) is 9.61. The Morgan fingerprint density at radius 3 is 2.60 bits per heavy atom. The molecule has 2 rings (SSSR count). The molecule has 0 saturated heterocycles. The molecule has 0 unspecified atom stereocenters. The van der Waals surface area contributed by atoms with Gasteiger partial charge in [0.25, 0.3) is 11.5 Å². The van der Waals surface area contributed by atoms with Crippen LogP contribution in [0.25, 0.3) is 0 Å². The molecule has 5 nitrogen and oxygen atoms in total. The van der Waals surface area contributed by atoms with Crippen molar-refractivity contribution >= 4 is 11.6 Å². The number of nitrogens with zero attached hydrogens (tertiary/aromatic N) is 1. The summed E-state index contributed by atoms with van der Waals surface area (Å²) in [6.07, 6.45) is 1.64. The second-order valence-electron chi connectivity index (χ2n) is 4.42. The van der Waals surface area contributed by atoms with E-state index in [4.69, 9.17) is 4.74 Å². The molecule has 0 aliphatic heterocycles. The van der Waals surface area contributed by atoms with Crippen LogP contribution >= 0.6 is 0 Å². The molecule has 1 heterocycles. The van der Waals surface area contributed by atoms with Crippen molar-refractivity contribution in [3.05, 3.63) is 64.1 Å². The minimum atomic E-state index is -0.308. The minimum Gasteiger partial charge on any atom is -0.380 e. The zero-order valence-corrected chi connectivity index (χ0v) is 11.4. The monoisotopic (exact) mass is 272 g/mol. The molecule has 0 radical (unpaired) electrons. The average Bonchev–Trinajstić information content (AvgIpc) is 2.45. The lowest BCUT2D eigenvalue weighted by molar-refractivity contribution is 0.102. The maximum Gasteiger partial charge on any atom is 0.274 e. The summed E-state index contributed by atoms with van der Waals surface area (Å²) in [5.41, 5.74) is 1.51. The van der Waals surface area contributed by atoms with Crippen molar-refractivity contribution in [1.29, 1.82) is 0 Å². The van der Waals surface area contributed by atoms with Gasteiger partial charge < -0.3 is 14.6 Å². The zero-order valence-electron chi connectivity index (χ0n) is 11.4. The molecule has 20 heavy (non-hydrogen) atoms. The van der Waals surface area contributed by atoms with E-state index in [1.54, 1.807) is 44.6 Å². The molecule has 0 saturated carbocycles. The van der Waals surface area contributed by atoms with Crippen LogP contribution in [0.5, 0.6) is 0 Å². The number of pyridine rings is 1. The molecular weight excluding hydrogens is 256 g/mol. The van der Waals surface area contributed by atoms with E-state index in [9.17, 15) is 9.59 Å². The van der Waals surface area contributed by atoms with Crippen molar-refractivity contribution in [3.8, 4) is 0 Å². The summed E-state index contributed by atoms with van der Waals surface area (Å²) < 4.78 is 6.42. The van der Waals surface area contributed by atoms with Crippen LogP contribution in [-0.2, 0) is 18.4 Å². The summed E-state index contributed by atoms with van der Waals surface area (Å²) in [7, 11) is 3.25. The maximum atomic E-state index is 12.1. The van der Waals surface area contributed by atoms with Gasteiger partial charge >= 0.3 is 0 Å². The summed E-state index contributed by atoms with van der Waals surface area (Å²) in [6, 6.07) is 10.3. The van der Waals surface area contributed by atoms with Gasteiger partial charge in [0.15, 0.2) is 0 Å². The van der Waals surface area contributed by atoms with E-state index >= 15 is 0 Å². The molecule has 0 aliphatic rings. The lowest BCUT2D eigenvalue weighted by Gasteiger charge is -2.06. The van der Waals surface area contributed by atoms with E-state index in [-0.39, 0.29) is 17.2 Å². The van der Waals surface area contributed by atoms with Crippen LogP contribution in [0.1, 0.15) is 15.9 Å². The Morgan fingerprint density at radius 1 is 1.25 bits per heavy atom. The fraction of sp³-hybridized carbons (Fsp3) is 0.200. The molecule has 1 amide bonds. The van der Waals surface area contributed by atoms with Crippen molar-refractivity contribution in [3.63, 3.8) is 0 Å². The zero-order chi connectivity index (χ0) is 14.5. The van der Waals surface area contributed by atoms with Gasteiger partial charge in [-0.05, 0) is 29.8 Å². The molecular formula is C15H16N2O3. The number of ether oxygens (including phenoxy) is 1. The molecule has 0 aliphatic carbocycles. The summed E-state index contributed by atoms with van der Waals surface area (Å²) in [4.78, 5) is 23.9. The molecule has 1 aromatic heterocycles. The summed E-state index contributed by atoms with van der Waals surface area (Å²) >= 11 is 0. The SMILES string of the molecule is COCc1ccc(C(=O)Nc2cccn(C)c2=O)cc1. The molecule has 0 fully saturated rings. The Kier molecular flexibility index (Phi) is 4.32. The quantitative estimate of drug-likeness (QED) is 0.923. The van der Waals surface area contributed by atoms with E-state index in [0.717, 1.165) is 5.56 Å². The van der Waals surface area contributed by atoms with Gasteiger partial charge in [0.1, 0.15) is 5.69 Å². The van der Waals surface area contributed by atoms with Crippen molar-refractivity contribution in [1.82, 2.24) is 4.57 Å². The molecule has 0 spiro atoms. The number of anilines is 1. The van der Waals surface area contributed by atoms with Crippen molar-refractivity contribution in [2.75, 3.05) is 12.4 Å². The summed E-state index contributed by atoms with van der Waals surface area (Å²) in [6.45, 7) is 0.501. The number of amides is 1. The Hall–Kier alpha value is -2.40. The second-order valence-corrected chi connectivity index (χ2v) is 4.42. The highest BCUT2D eigenvalue weighted by Crippen LogP contribution is 2.08. The highest BCUT2D eigenvalue weighted by Gasteiger charge is 2.08. The molecule has 0 bridgehead atoms. The van der Waals surface area contributed by atoms with Gasteiger partial charge in [-0.15, -0.1) is 0 Å². The second kappa shape index (κ2) is 6.16. The van der Waals surface area contributed by atoms with Gasteiger partial charge in [-0.1, -0.05) is 12.1 Å². The van der Waals surface area contributed by atoms with E-state index in [0.29, 0.717) is 12.2 Å². The van der Waals surface area contributed by atoms with Gasteiger partial charge in [-0.25, -0.2) is 0 Å². The van der Waals surface area contributed by atoms with E-state index < -0.39 is 0 Å². The number of hydrogen-bond acceptors (Lipinski definition) is 3. The maximum absolute atomic E-state index is 12.1. The predicted octanol–water partition coefficient (Wildman–Crippen LogP) is 1.78. The number of rotatable bonds is 4. The largest absolute Gasteiger partial charge is 0.380 e. The van der Waals surface area contributed by atoms with Crippen molar-refractivity contribution in [2.24, 2.45) is 7.05 Å². The Bertz CT molecular complexity index is 660. The van der Waals surface area contributed by atoms with Gasteiger partial charge in [0.05, 0.1) is 6.61 Å². The first-order valence-electron chi connectivity index (χ1n) is 6.16. The van der Waals surface area contributed by atoms with Gasteiger partial charge in [-0.3, -0.25) is 9.59 Å². The fourth-order valence-electron chi connectivity index (χ4n) is 1.81. The van der Waals surface area contributed by atoms with Crippen molar-refractivity contribution < 1.29 is 9.53 Å². The highest BCUT2D eigenvalue weighted by molar-refractivity contribution is 6.04. The lowest BCUT2D eigenvalue weighted by Crippen LogP contribution is -2.23. The van der Waals surface area contributed by atoms with Crippen LogP contribution in [-0.4, -0.2) is 17.6 Å². The van der Waals surface area contributed by atoms with Crippen LogP contribution in [0.4, 0.5) is 5.69 Å². The number of hydrogen-bond donors (Lipinski definition) is 1. The third-order valence-electron chi connectivity index (χ3n) is 2.90. The third-order valence-corrected chi connectivity index (χ3v) is 2.90. The molecule has 5 heteroatoms. The molecule has 0 atom stereocenters. The summed E-state index contributed by atoms with van der Waals surface area (Å²) in [5.74, 6) is -0.308. The normalized spacial score (nSPS) is 10.3. The number of nitrogens with one attached hydrogen (secondary N) is 1. The Morgan fingerprint density at radius 2 is 1.95 bits per heavy atom.